The van der Waals surface area contributed by atoms with Crippen molar-refractivity contribution >= 4 is 27.7 Å². The molecule has 1 aliphatic rings. The van der Waals surface area contributed by atoms with Crippen LogP contribution in [0, 0.1) is 5.41 Å². The van der Waals surface area contributed by atoms with E-state index in [0.717, 1.165) is 16.6 Å². The van der Waals surface area contributed by atoms with E-state index in [1.54, 1.807) is 4.90 Å². The van der Waals surface area contributed by atoms with E-state index in [0.29, 0.717) is 6.54 Å². The van der Waals surface area contributed by atoms with Crippen LogP contribution in [0.1, 0.15) is 27.2 Å². The largest absolute Gasteiger partial charge is 0.465 e. The second-order valence-electron chi connectivity index (χ2n) is 6.34. The van der Waals surface area contributed by atoms with Crippen molar-refractivity contribution in [2.24, 2.45) is 5.41 Å². The van der Waals surface area contributed by atoms with Crippen LogP contribution >= 0.6 is 15.9 Å². The Hall–Kier alpha value is -1.23. The summed E-state index contributed by atoms with van der Waals surface area (Å²) in [6.45, 7) is 6.86. The predicted octanol–water partition coefficient (Wildman–Crippen LogP) is 4.03. The molecule has 1 aromatic rings. The molecule has 1 heterocycles. The Labute approximate surface area is 128 Å². The van der Waals surface area contributed by atoms with Crippen molar-refractivity contribution < 1.29 is 9.90 Å². The van der Waals surface area contributed by atoms with Gasteiger partial charge < -0.3 is 15.3 Å². The van der Waals surface area contributed by atoms with E-state index in [9.17, 15) is 9.90 Å². The summed E-state index contributed by atoms with van der Waals surface area (Å²) in [5.41, 5.74) is 0.921. The molecule has 4 nitrogen and oxygen atoms in total. The van der Waals surface area contributed by atoms with Gasteiger partial charge in [-0.3, -0.25) is 0 Å². The van der Waals surface area contributed by atoms with Crippen LogP contribution in [0.2, 0.25) is 0 Å². The molecular formula is C15H21BrN2O2. The third kappa shape index (κ3) is 3.26. The lowest BCUT2D eigenvalue weighted by Gasteiger charge is -2.37. The number of anilines is 1. The molecule has 20 heavy (non-hydrogen) atoms. The summed E-state index contributed by atoms with van der Waals surface area (Å²) < 4.78 is 1.02. The van der Waals surface area contributed by atoms with Gasteiger partial charge in [0, 0.05) is 22.7 Å². The van der Waals surface area contributed by atoms with E-state index in [1.165, 1.54) is 0 Å². The zero-order valence-corrected chi connectivity index (χ0v) is 13.6. The highest BCUT2D eigenvalue weighted by Gasteiger charge is 2.43. The maximum atomic E-state index is 11.4. The molecule has 0 radical (unpaired) electrons. The normalized spacial score (nSPS) is 22.9. The predicted molar refractivity (Wildman–Crippen MR) is 84.1 cm³/mol. The van der Waals surface area contributed by atoms with Crippen LogP contribution in [0.15, 0.2) is 28.7 Å². The van der Waals surface area contributed by atoms with Gasteiger partial charge in [0.1, 0.15) is 0 Å². The van der Waals surface area contributed by atoms with Crippen molar-refractivity contribution in [3.63, 3.8) is 0 Å². The molecule has 2 atom stereocenters. The number of halogens is 1. The Morgan fingerprint density at radius 1 is 1.45 bits per heavy atom. The van der Waals surface area contributed by atoms with Crippen LogP contribution < -0.4 is 5.32 Å². The number of likely N-dealkylation sites (tertiary alicyclic amines) is 1. The molecule has 0 bridgehead atoms. The highest BCUT2D eigenvalue weighted by Crippen LogP contribution is 2.34. The molecule has 0 spiro atoms. The lowest BCUT2D eigenvalue weighted by molar-refractivity contribution is 0.103. The van der Waals surface area contributed by atoms with Crippen LogP contribution in [-0.2, 0) is 0 Å². The summed E-state index contributed by atoms with van der Waals surface area (Å²) in [4.78, 5) is 13.0. The molecule has 1 aromatic carbocycles. The highest BCUT2D eigenvalue weighted by atomic mass is 79.9. The van der Waals surface area contributed by atoms with Crippen LogP contribution in [0.25, 0.3) is 0 Å². The quantitative estimate of drug-likeness (QED) is 0.854. The first kappa shape index (κ1) is 15.2. The number of hydrogen-bond donors (Lipinski definition) is 2. The molecule has 1 saturated heterocycles. The number of hydrogen-bond acceptors (Lipinski definition) is 2. The first-order chi connectivity index (χ1) is 9.29. The fourth-order valence-electron chi connectivity index (χ4n) is 3.02. The Bertz CT molecular complexity index is 499. The lowest BCUT2D eigenvalue weighted by atomic mass is 9.82. The van der Waals surface area contributed by atoms with Gasteiger partial charge >= 0.3 is 6.09 Å². The zero-order chi connectivity index (χ0) is 14.9. The first-order valence-corrected chi connectivity index (χ1v) is 7.60. The number of nitrogens with one attached hydrogen (secondary N) is 1. The van der Waals surface area contributed by atoms with Crippen molar-refractivity contribution in [1.29, 1.82) is 0 Å². The molecule has 2 unspecified atom stereocenters. The smallest absolute Gasteiger partial charge is 0.407 e. The summed E-state index contributed by atoms with van der Waals surface area (Å²) in [6.07, 6.45) is 0.00395. The van der Waals surface area contributed by atoms with Gasteiger partial charge in [-0.1, -0.05) is 42.8 Å². The number of nitrogens with zero attached hydrogens (tertiary/aromatic N) is 1. The van der Waals surface area contributed by atoms with Gasteiger partial charge in [-0.25, -0.2) is 4.79 Å². The minimum Gasteiger partial charge on any atom is -0.465 e. The van der Waals surface area contributed by atoms with Gasteiger partial charge in [-0.15, -0.1) is 0 Å². The van der Waals surface area contributed by atoms with E-state index in [-0.39, 0.29) is 17.5 Å². The number of carboxylic acid groups (broad SMARTS) is 1. The molecule has 1 fully saturated rings. The number of rotatable bonds is 2. The van der Waals surface area contributed by atoms with Gasteiger partial charge in [0.25, 0.3) is 0 Å². The summed E-state index contributed by atoms with van der Waals surface area (Å²) in [5.74, 6) is 0. The summed E-state index contributed by atoms with van der Waals surface area (Å²) in [5, 5.41) is 12.9. The van der Waals surface area contributed by atoms with Crippen molar-refractivity contribution in [1.82, 2.24) is 4.90 Å². The monoisotopic (exact) mass is 340 g/mol. The number of benzene rings is 1. The molecule has 0 aliphatic carbocycles. The molecular weight excluding hydrogens is 320 g/mol. The molecule has 1 amide bonds. The molecule has 2 N–H and O–H groups in total. The standard InChI is InChI=1S/C15H21BrN2O2/c1-15(2,3)13-12(7-8-18(13)14(19)20)17-11-6-4-5-10(16)9-11/h4-6,9,12-13,17H,7-8H2,1-3H3,(H,19,20). The van der Waals surface area contributed by atoms with E-state index >= 15 is 0 Å². The second kappa shape index (κ2) is 5.64. The maximum absolute atomic E-state index is 11.4. The third-order valence-electron chi connectivity index (χ3n) is 3.71. The Kier molecular flexibility index (Phi) is 4.28. The Morgan fingerprint density at radius 3 is 2.70 bits per heavy atom. The van der Waals surface area contributed by atoms with Crippen LogP contribution in [0.4, 0.5) is 10.5 Å². The highest BCUT2D eigenvalue weighted by molar-refractivity contribution is 9.10. The number of carbonyl (C=O) groups is 1. The van der Waals surface area contributed by atoms with Crippen molar-refractivity contribution in [3.8, 4) is 0 Å². The Balaban J connectivity index is 2.20. The molecule has 1 aliphatic heterocycles. The maximum Gasteiger partial charge on any atom is 0.407 e. The average molecular weight is 341 g/mol. The van der Waals surface area contributed by atoms with Gasteiger partial charge in [0.2, 0.25) is 0 Å². The first-order valence-electron chi connectivity index (χ1n) is 6.81. The average Bonchev–Trinajstić information content (AvgIpc) is 2.72. The van der Waals surface area contributed by atoms with Crippen LogP contribution in [0.5, 0.6) is 0 Å². The van der Waals surface area contributed by atoms with Crippen molar-refractivity contribution in [3.05, 3.63) is 28.7 Å². The molecule has 2 rings (SSSR count). The lowest BCUT2D eigenvalue weighted by Crippen LogP contribution is -2.49. The summed E-state index contributed by atoms with van der Waals surface area (Å²) >= 11 is 3.46. The topological polar surface area (TPSA) is 52.6 Å². The minimum absolute atomic E-state index is 0.0287. The van der Waals surface area contributed by atoms with E-state index in [1.807, 2.05) is 24.3 Å². The molecule has 0 aromatic heterocycles. The number of amides is 1. The fraction of sp³-hybridized carbons (Fsp3) is 0.533. The second-order valence-corrected chi connectivity index (χ2v) is 7.25. The summed E-state index contributed by atoms with van der Waals surface area (Å²) in [7, 11) is 0. The third-order valence-corrected chi connectivity index (χ3v) is 4.20. The van der Waals surface area contributed by atoms with Gasteiger partial charge in [-0.05, 0) is 30.0 Å². The Morgan fingerprint density at radius 2 is 2.15 bits per heavy atom. The van der Waals surface area contributed by atoms with E-state index in [4.69, 9.17) is 0 Å². The van der Waals surface area contributed by atoms with Gasteiger partial charge in [-0.2, -0.15) is 0 Å². The molecule has 110 valence electrons. The van der Waals surface area contributed by atoms with Crippen LogP contribution in [0.3, 0.4) is 0 Å². The fourth-order valence-corrected chi connectivity index (χ4v) is 3.42. The summed E-state index contributed by atoms with van der Waals surface area (Å²) in [6, 6.07) is 8.09. The van der Waals surface area contributed by atoms with Gasteiger partial charge in [0.05, 0.1) is 6.04 Å². The van der Waals surface area contributed by atoms with Gasteiger partial charge in [0.15, 0.2) is 0 Å². The van der Waals surface area contributed by atoms with Crippen molar-refractivity contribution in [2.75, 3.05) is 11.9 Å². The molecule has 5 heteroatoms. The molecule has 0 saturated carbocycles. The van der Waals surface area contributed by atoms with E-state index in [2.05, 4.69) is 42.0 Å². The van der Waals surface area contributed by atoms with E-state index < -0.39 is 6.09 Å². The zero-order valence-electron chi connectivity index (χ0n) is 12.1. The van der Waals surface area contributed by atoms with Crippen molar-refractivity contribution in [2.45, 2.75) is 39.3 Å². The minimum atomic E-state index is -0.830. The van der Waals surface area contributed by atoms with Crippen LogP contribution in [-0.4, -0.2) is 34.7 Å². The SMILES string of the molecule is CC(C)(C)C1C(Nc2cccc(Br)c2)CCN1C(=O)O.